The molecule has 6 nitrogen and oxygen atoms in total. The van der Waals surface area contributed by atoms with Gasteiger partial charge in [-0.1, -0.05) is 13.8 Å². The highest BCUT2D eigenvalue weighted by atomic mass is 32.1. The van der Waals surface area contributed by atoms with Gasteiger partial charge in [0.1, 0.15) is 11.6 Å². The van der Waals surface area contributed by atoms with Crippen LogP contribution in [0.1, 0.15) is 46.5 Å². The molecule has 0 aliphatic carbocycles. The number of nitrogens with zero attached hydrogens (tertiary/aromatic N) is 4. The van der Waals surface area contributed by atoms with Crippen molar-refractivity contribution in [2.75, 3.05) is 47.8 Å². The van der Waals surface area contributed by atoms with Gasteiger partial charge in [-0.3, -0.25) is 0 Å². The zero-order valence-electron chi connectivity index (χ0n) is 16.3. The normalized spacial score (nSPS) is 21.6. The first-order chi connectivity index (χ1) is 12.5. The SMILES string of the molecule is CCNC(=S)Nc1nc(N2CCC(C)CC2)cc(N2CCCC(C)C2)n1. The smallest absolute Gasteiger partial charge is 0.232 e. The first-order valence-corrected chi connectivity index (χ1v) is 10.4. The molecule has 0 aromatic carbocycles. The minimum Gasteiger partial charge on any atom is -0.363 e. The van der Waals surface area contributed by atoms with Crippen LogP contribution in [0, 0.1) is 11.8 Å². The van der Waals surface area contributed by atoms with E-state index in [0.29, 0.717) is 17.0 Å². The fourth-order valence-corrected chi connectivity index (χ4v) is 3.98. The zero-order chi connectivity index (χ0) is 18.5. The van der Waals surface area contributed by atoms with E-state index in [1.807, 2.05) is 6.92 Å². The molecule has 2 saturated heterocycles. The molecule has 1 aromatic rings. The molecule has 144 valence electrons. The molecule has 7 heteroatoms. The largest absolute Gasteiger partial charge is 0.363 e. The van der Waals surface area contributed by atoms with E-state index in [1.165, 1.54) is 25.7 Å². The number of nitrogens with one attached hydrogen (secondary N) is 2. The second-order valence-corrected chi connectivity index (χ2v) is 8.16. The topological polar surface area (TPSA) is 56.3 Å². The predicted octanol–water partition coefficient (Wildman–Crippen LogP) is 3.26. The van der Waals surface area contributed by atoms with Gasteiger partial charge in [0.05, 0.1) is 0 Å². The maximum Gasteiger partial charge on any atom is 0.232 e. The van der Waals surface area contributed by atoms with Gasteiger partial charge in [-0.2, -0.15) is 9.97 Å². The van der Waals surface area contributed by atoms with E-state index in [-0.39, 0.29) is 0 Å². The summed E-state index contributed by atoms with van der Waals surface area (Å²) in [7, 11) is 0. The molecule has 0 amide bonds. The summed E-state index contributed by atoms with van der Waals surface area (Å²) in [5.41, 5.74) is 0. The highest BCUT2D eigenvalue weighted by Gasteiger charge is 2.22. The lowest BCUT2D eigenvalue weighted by Crippen LogP contribution is -2.37. The number of rotatable bonds is 4. The molecule has 1 aromatic heterocycles. The average molecular weight is 377 g/mol. The zero-order valence-corrected chi connectivity index (χ0v) is 17.1. The molecule has 0 radical (unpaired) electrons. The van der Waals surface area contributed by atoms with Gasteiger partial charge in [0, 0.05) is 38.8 Å². The van der Waals surface area contributed by atoms with Crippen LogP contribution < -0.4 is 20.4 Å². The summed E-state index contributed by atoms with van der Waals surface area (Å²) in [5.74, 6) is 4.14. The summed E-state index contributed by atoms with van der Waals surface area (Å²) >= 11 is 5.34. The number of hydrogen-bond acceptors (Lipinski definition) is 5. The molecule has 2 aliphatic rings. The van der Waals surface area contributed by atoms with Crippen LogP contribution >= 0.6 is 12.2 Å². The molecule has 26 heavy (non-hydrogen) atoms. The van der Waals surface area contributed by atoms with E-state index in [2.05, 4.69) is 40.3 Å². The van der Waals surface area contributed by atoms with Crippen LogP contribution in [0.5, 0.6) is 0 Å². The molecule has 2 fully saturated rings. The van der Waals surface area contributed by atoms with Crippen LogP contribution in [0.3, 0.4) is 0 Å². The van der Waals surface area contributed by atoms with E-state index in [9.17, 15) is 0 Å². The summed E-state index contributed by atoms with van der Waals surface area (Å²) in [6, 6.07) is 2.16. The Labute approximate surface area is 162 Å². The maximum absolute atomic E-state index is 5.34. The monoisotopic (exact) mass is 376 g/mol. The molecular weight excluding hydrogens is 344 g/mol. The third-order valence-electron chi connectivity index (χ3n) is 5.35. The molecular formula is C19H32N6S. The van der Waals surface area contributed by atoms with Gasteiger partial charge in [0.25, 0.3) is 0 Å². The van der Waals surface area contributed by atoms with Gasteiger partial charge in [-0.25, -0.2) is 0 Å². The molecule has 0 spiro atoms. The fourth-order valence-electron chi connectivity index (χ4n) is 3.74. The maximum atomic E-state index is 5.34. The van der Waals surface area contributed by atoms with Crippen LogP contribution in [0.4, 0.5) is 17.6 Å². The first kappa shape index (κ1) is 19.1. The number of aromatic nitrogens is 2. The lowest BCUT2D eigenvalue weighted by molar-refractivity contribution is 0.435. The highest BCUT2D eigenvalue weighted by Crippen LogP contribution is 2.28. The summed E-state index contributed by atoms with van der Waals surface area (Å²) < 4.78 is 0. The van der Waals surface area contributed by atoms with Gasteiger partial charge in [-0.05, 0) is 56.7 Å². The van der Waals surface area contributed by atoms with E-state index in [0.717, 1.165) is 50.3 Å². The van der Waals surface area contributed by atoms with Crippen LogP contribution in [0.15, 0.2) is 6.07 Å². The Hall–Kier alpha value is -1.63. The van der Waals surface area contributed by atoms with E-state index < -0.39 is 0 Å². The van der Waals surface area contributed by atoms with Crippen LogP contribution in [-0.2, 0) is 0 Å². The van der Waals surface area contributed by atoms with E-state index in [4.69, 9.17) is 22.2 Å². The lowest BCUT2D eigenvalue weighted by Gasteiger charge is -2.34. The predicted molar refractivity (Wildman–Crippen MR) is 113 cm³/mol. The van der Waals surface area contributed by atoms with Crippen molar-refractivity contribution in [3.05, 3.63) is 6.07 Å². The molecule has 2 N–H and O–H groups in total. The Balaban J connectivity index is 1.84. The minimum absolute atomic E-state index is 0.579. The number of anilines is 3. The molecule has 1 unspecified atom stereocenters. The average Bonchev–Trinajstić information content (AvgIpc) is 2.62. The standard InChI is InChI=1S/C19H32N6S/c1-4-20-19(26)23-18-21-16(24-10-7-14(2)8-11-24)12-17(22-18)25-9-5-6-15(3)13-25/h12,14-15H,4-11,13H2,1-3H3,(H2,20,21,22,23,26). The Morgan fingerprint density at radius 1 is 1.08 bits per heavy atom. The van der Waals surface area contributed by atoms with E-state index >= 15 is 0 Å². The quantitative estimate of drug-likeness (QED) is 0.782. The van der Waals surface area contributed by atoms with Gasteiger partial charge < -0.3 is 20.4 Å². The number of piperidine rings is 2. The van der Waals surface area contributed by atoms with Crippen LogP contribution in [-0.4, -0.2) is 47.8 Å². The second-order valence-electron chi connectivity index (χ2n) is 7.76. The van der Waals surface area contributed by atoms with Crippen molar-refractivity contribution in [2.24, 2.45) is 11.8 Å². The van der Waals surface area contributed by atoms with Crippen molar-refractivity contribution >= 4 is 34.9 Å². The van der Waals surface area contributed by atoms with Crippen molar-refractivity contribution in [2.45, 2.75) is 46.5 Å². The molecule has 3 heterocycles. The van der Waals surface area contributed by atoms with Crippen molar-refractivity contribution in [1.82, 2.24) is 15.3 Å². The second kappa shape index (κ2) is 8.84. The Bertz CT molecular complexity index is 614. The number of thiocarbonyl (C=S) groups is 1. The Kier molecular flexibility index (Phi) is 6.51. The Morgan fingerprint density at radius 3 is 2.42 bits per heavy atom. The van der Waals surface area contributed by atoms with Crippen molar-refractivity contribution in [1.29, 1.82) is 0 Å². The summed E-state index contributed by atoms with van der Waals surface area (Å²) in [6.07, 6.45) is 4.96. The highest BCUT2D eigenvalue weighted by molar-refractivity contribution is 7.80. The fraction of sp³-hybridized carbons (Fsp3) is 0.737. The van der Waals surface area contributed by atoms with Crippen molar-refractivity contribution in [3.63, 3.8) is 0 Å². The molecule has 2 aliphatic heterocycles. The molecule has 0 saturated carbocycles. The third-order valence-corrected chi connectivity index (χ3v) is 5.60. The molecule has 3 rings (SSSR count). The van der Waals surface area contributed by atoms with Gasteiger partial charge >= 0.3 is 0 Å². The van der Waals surface area contributed by atoms with Crippen molar-refractivity contribution < 1.29 is 0 Å². The summed E-state index contributed by atoms with van der Waals surface area (Å²) in [4.78, 5) is 14.3. The first-order valence-electron chi connectivity index (χ1n) is 9.99. The van der Waals surface area contributed by atoms with E-state index in [1.54, 1.807) is 0 Å². The van der Waals surface area contributed by atoms with Gasteiger partial charge in [0.2, 0.25) is 5.95 Å². The van der Waals surface area contributed by atoms with Crippen LogP contribution in [0.2, 0.25) is 0 Å². The Morgan fingerprint density at radius 2 is 1.77 bits per heavy atom. The summed E-state index contributed by atoms with van der Waals surface area (Å²) in [5, 5.41) is 6.86. The third kappa shape index (κ3) is 4.96. The minimum atomic E-state index is 0.579. The van der Waals surface area contributed by atoms with Gasteiger partial charge in [-0.15, -0.1) is 0 Å². The molecule has 0 bridgehead atoms. The van der Waals surface area contributed by atoms with Crippen molar-refractivity contribution in [3.8, 4) is 0 Å². The molecule has 1 atom stereocenters. The number of hydrogen-bond donors (Lipinski definition) is 2. The van der Waals surface area contributed by atoms with Gasteiger partial charge in [0.15, 0.2) is 5.11 Å². The van der Waals surface area contributed by atoms with Crippen LogP contribution in [0.25, 0.3) is 0 Å². The lowest BCUT2D eigenvalue weighted by atomic mass is 9.99. The summed E-state index contributed by atoms with van der Waals surface area (Å²) in [6.45, 7) is 11.7.